The summed E-state index contributed by atoms with van der Waals surface area (Å²) in [4.78, 5) is 25.8. The Balaban J connectivity index is 1.30. The third-order valence-electron chi connectivity index (χ3n) is 5.00. The van der Waals surface area contributed by atoms with E-state index < -0.39 is 0 Å². The Morgan fingerprint density at radius 2 is 1.79 bits per heavy atom. The zero-order valence-corrected chi connectivity index (χ0v) is 16.2. The van der Waals surface area contributed by atoms with Crippen molar-refractivity contribution in [1.29, 1.82) is 0 Å². The van der Waals surface area contributed by atoms with Gasteiger partial charge in [-0.1, -0.05) is 23.5 Å². The highest BCUT2D eigenvalue weighted by Gasteiger charge is 2.28. The number of carbonyl (C=O) groups excluding carboxylic acids is 1. The minimum Gasteiger partial charge on any atom is -0.443 e. The first kappa shape index (κ1) is 17.8. The highest BCUT2D eigenvalue weighted by Crippen LogP contribution is 2.30. The Morgan fingerprint density at radius 3 is 2.55 bits per heavy atom. The van der Waals surface area contributed by atoms with E-state index in [0.29, 0.717) is 37.5 Å². The van der Waals surface area contributed by atoms with Crippen molar-refractivity contribution in [3.05, 3.63) is 66.4 Å². The third-order valence-corrected chi connectivity index (χ3v) is 6.09. The Bertz CT molecular complexity index is 1130. The Labute approximate surface area is 170 Å². The van der Waals surface area contributed by atoms with Gasteiger partial charge in [0.2, 0.25) is 0 Å². The van der Waals surface area contributed by atoms with Gasteiger partial charge in [-0.15, -0.1) is 0 Å². The molecule has 0 atom stereocenters. The topological polar surface area (TPSA) is 62.5 Å². The molecule has 1 fully saturated rings. The molecule has 1 saturated heterocycles. The first-order chi connectivity index (χ1) is 14.2. The second-order valence-corrected chi connectivity index (χ2v) is 7.79. The van der Waals surface area contributed by atoms with E-state index in [-0.39, 0.29) is 17.4 Å². The number of fused-ring (bicyclic) bond motifs is 1. The number of hydrogen-bond donors (Lipinski definition) is 0. The van der Waals surface area contributed by atoms with Crippen LogP contribution in [-0.4, -0.2) is 47.0 Å². The van der Waals surface area contributed by atoms with E-state index in [4.69, 9.17) is 9.40 Å². The van der Waals surface area contributed by atoms with Crippen molar-refractivity contribution in [1.82, 2.24) is 14.9 Å². The predicted molar refractivity (Wildman–Crippen MR) is 110 cm³/mol. The molecule has 0 aliphatic carbocycles. The number of hydrogen-bond acceptors (Lipinski definition) is 6. The number of rotatable bonds is 3. The maximum atomic E-state index is 13.2. The predicted octanol–water partition coefficient (Wildman–Crippen LogP) is 4.05. The highest BCUT2D eigenvalue weighted by atomic mass is 32.1. The van der Waals surface area contributed by atoms with Gasteiger partial charge in [0.25, 0.3) is 5.91 Å². The quantitative estimate of drug-likeness (QED) is 0.512. The van der Waals surface area contributed by atoms with Gasteiger partial charge in [0.05, 0.1) is 10.2 Å². The molecule has 0 bridgehead atoms. The minimum absolute atomic E-state index is 0.179. The molecule has 2 aromatic heterocycles. The first-order valence-corrected chi connectivity index (χ1v) is 10.1. The van der Waals surface area contributed by atoms with Crippen molar-refractivity contribution in [3.63, 3.8) is 0 Å². The molecule has 3 heterocycles. The lowest BCUT2D eigenvalue weighted by Crippen LogP contribution is -2.49. The number of aromatic nitrogens is 2. The first-order valence-electron chi connectivity index (χ1n) is 9.28. The highest BCUT2D eigenvalue weighted by molar-refractivity contribution is 7.22. The lowest BCUT2D eigenvalue weighted by atomic mass is 10.1. The molecular formula is C21H17FN4O2S. The van der Waals surface area contributed by atoms with Crippen molar-refractivity contribution in [2.45, 2.75) is 0 Å². The average molecular weight is 408 g/mol. The Kier molecular flexibility index (Phi) is 4.48. The molecule has 29 heavy (non-hydrogen) atoms. The van der Waals surface area contributed by atoms with Crippen LogP contribution in [0.15, 0.2) is 59.3 Å². The number of amides is 1. The van der Waals surface area contributed by atoms with Crippen LogP contribution in [0.2, 0.25) is 0 Å². The molecule has 8 heteroatoms. The van der Waals surface area contributed by atoms with Crippen LogP contribution in [0.3, 0.4) is 0 Å². The lowest BCUT2D eigenvalue weighted by molar-refractivity contribution is 0.0742. The molecular weight excluding hydrogens is 391 g/mol. The van der Waals surface area contributed by atoms with Crippen molar-refractivity contribution >= 4 is 32.6 Å². The van der Waals surface area contributed by atoms with Gasteiger partial charge >= 0.3 is 0 Å². The minimum atomic E-state index is -0.341. The van der Waals surface area contributed by atoms with E-state index in [1.165, 1.54) is 18.5 Å². The summed E-state index contributed by atoms with van der Waals surface area (Å²) in [5, 5.41) is 0.978. The fourth-order valence-corrected chi connectivity index (χ4v) is 4.47. The molecule has 146 valence electrons. The molecule has 2 aromatic carbocycles. The number of anilines is 1. The van der Waals surface area contributed by atoms with E-state index in [0.717, 1.165) is 15.3 Å². The molecule has 0 saturated carbocycles. The standard InChI is InChI=1S/C21H17FN4O2S/c22-15-7-5-14(6-8-15)19-18(23-13-28-19)20(27)25-9-11-26(12-10-25)21-24-16-3-1-2-4-17(16)29-21/h1-8,13H,9-12H2. The Hall–Kier alpha value is -3.26. The van der Waals surface area contributed by atoms with Crippen molar-refractivity contribution in [3.8, 4) is 11.3 Å². The number of halogens is 1. The number of thiazole rings is 1. The number of nitrogens with zero attached hydrogens (tertiary/aromatic N) is 4. The third kappa shape index (κ3) is 3.36. The van der Waals surface area contributed by atoms with Crippen LogP contribution in [-0.2, 0) is 0 Å². The zero-order valence-electron chi connectivity index (χ0n) is 15.4. The van der Waals surface area contributed by atoms with Crippen LogP contribution in [0.1, 0.15) is 10.5 Å². The fourth-order valence-electron chi connectivity index (χ4n) is 3.45. The van der Waals surface area contributed by atoms with Crippen LogP contribution < -0.4 is 4.90 Å². The smallest absolute Gasteiger partial charge is 0.276 e. The molecule has 5 rings (SSSR count). The second-order valence-electron chi connectivity index (χ2n) is 6.78. The molecule has 1 aliphatic heterocycles. The van der Waals surface area contributed by atoms with Crippen molar-refractivity contribution < 1.29 is 13.6 Å². The summed E-state index contributed by atoms with van der Waals surface area (Å²) < 4.78 is 19.8. The zero-order chi connectivity index (χ0) is 19.8. The number of carbonyl (C=O) groups is 1. The van der Waals surface area contributed by atoms with E-state index in [2.05, 4.69) is 16.0 Å². The molecule has 1 amide bonds. The molecule has 0 unspecified atom stereocenters. The number of oxazole rings is 1. The summed E-state index contributed by atoms with van der Waals surface area (Å²) in [6.45, 7) is 2.56. The summed E-state index contributed by atoms with van der Waals surface area (Å²) in [7, 11) is 0. The Morgan fingerprint density at radius 1 is 1.03 bits per heavy atom. The molecule has 6 nitrogen and oxygen atoms in total. The van der Waals surface area contributed by atoms with Crippen LogP contribution in [0.5, 0.6) is 0 Å². The molecule has 4 aromatic rings. The average Bonchev–Trinajstić information content (AvgIpc) is 3.41. The van der Waals surface area contributed by atoms with E-state index >= 15 is 0 Å². The fraction of sp³-hybridized carbons (Fsp3) is 0.190. The van der Waals surface area contributed by atoms with Gasteiger partial charge < -0.3 is 14.2 Å². The van der Waals surface area contributed by atoms with Crippen LogP contribution in [0, 0.1) is 5.82 Å². The van der Waals surface area contributed by atoms with E-state index in [1.807, 2.05) is 18.2 Å². The van der Waals surface area contributed by atoms with Gasteiger partial charge in [0, 0.05) is 31.7 Å². The maximum absolute atomic E-state index is 13.2. The van der Waals surface area contributed by atoms with Crippen LogP contribution in [0.4, 0.5) is 9.52 Å². The summed E-state index contributed by atoms with van der Waals surface area (Å²) in [6.07, 6.45) is 1.25. The van der Waals surface area contributed by atoms with Gasteiger partial charge in [0.15, 0.2) is 23.0 Å². The monoisotopic (exact) mass is 408 g/mol. The maximum Gasteiger partial charge on any atom is 0.276 e. The summed E-state index contributed by atoms with van der Waals surface area (Å²) in [5.74, 6) is -0.155. The van der Waals surface area contributed by atoms with Gasteiger partial charge in [-0.25, -0.2) is 14.4 Å². The molecule has 1 aliphatic rings. The summed E-state index contributed by atoms with van der Waals surface area (Å²) >= 11 is 1.67. The van der Waals surface area contributed by atoms with Crippen molar-refractivity contribution in [2.24, 2.45) is 0 Å². The van der Waals surface area contributed by atoms with Crippen LogP contribution in [0.25, 0.3) is 21.5 Å². The second kappa shape index (κ2) is 7.29. The SMILES string of the molecule is O=C(c1ncoc1-c1ccc(F)cc1)N1CCN(c2nc3ccccc3s2)CC1. The van der Waals surface area contributed by atoms with Crippen LogP contribution >= 0.6 is 11.3 Å². The normalized spacial score (nSPS) is 14.5. The van der Waals surface area contributed by atoms with E-state index in [9.17, 15) is 9.18 Å². The molecule has 0 spiro atoms. The lowest BCUT2D eigenvalue weighted by Gasteiger charge is -2.34. The molecule has 0 N–H and O–H groups in total. The number of para-hydroxylation sites is 1. The van der Waals surface area contributed by atoms with Gasteiger partial charge in [-0.3, -0.25) is 4.79 Å². The largest absolute Gasteiger partial charge is 0.443 e. The van der Waals surface area contributed by atoms with Gasteiger partial charge in [-0.2, -0.15) is 0 Å². The summed E-state index contributed by atoms with van der Waals surface area (Å²) in [6, 6.07) is 13.9. The van der Waals surface area contributed by atoms with Crippen molar-refractivity contribution in [2.75, 3.05) is 31.1 Å². The molecule has 0 radical (unpaired) electrons. The van der Waals surface area contributed by atoms with Gasteiger partial charge in [0.1, 0.15) is 5.82 Å². The van der Waals surface area contributed by atoms with E-state index in [1.54, 1.807) is 28.4 Å². The summed E-state index contributed by atoms with van der Waals surface area (Å²) in [5.41, 5.74) is 1.88. The van der Waals surface area contributed by atoms with Gasteiger partial charge in [-0.05, 0) is 36.4 Å². The number of piperazine rings is 1. The number of benzene rings is 2.